The summed E-state index contributed by atoms with van der Waals surface area (Å²) >= 11 is 0. The van der Waals surface area contributed by atoms with Crippen LogP contribution in [0.5, 0.6) is 0 Å². The van der Waals surface area contributed by atoms with Gasteiger partial charge in [0.15, 0.2) is 0 Å². The van der Waals surface area contributed by atoms with Crippen LogP contribution in [-0.2, 0) is 0 Å². The molecule has 2 aliphatic rings. The molecular formula is C21H20N2O3. The van der Waals surface area contributed by atoms with E-state index in [0.717, 1.165) is 24.2 Å². The molecule has 2 aromatic carbocycles. The van der Waals surface area contributed by atoms with Crippen LogP contribution in [0, 0.1) is 0 Å². The molecule has 0 radical (unpaired) electrons. The summed E-state index contributed by atoms with van der Waals surface area (Å²) < 4.78 is 0. The van der Waals surface area contributed by atoms with Gasteiger partial charge in [0.1, 0.15) is 0 Å². The molecule has 0 aliphatic carbocycles. The molecule has 1 fully saturated rings. The summed E-state index contributed by atoms with van der Waals surface area (Å²) in [4.78, 5) is 41.7. The molecule has 5 heteroatoms. The molecule has 1 saturated heterocycles. The molecule has 2 aliphatic heterocycles. The number of piperidine rings is 1. The largest absolute Gasteiger partial charge is 0.336 e. The maximum atomic E-state index is 13.2. The lowest BCUT2D eigenvalue weighted by atomic mass is 10.0. The molecule has 26 heavy (non-hydrogen) atoms. The van der Waals surface area contributed by atoms with Crippen molar-refractivity contribution in [1.82, 2.24) is 4.90 Å². The van der Waals surface area contributed by atoms with E-state index in [4.69, 9.17) is 0 Å². The van der Waals surface area contributed by atoms with E-state index in [2.05, 4.69) is 0 Å². The smallest absolute Gasteiger partial charge is 0.266 e. The number of nitrogens with zero attached hydrogens (tertiary/aromatic N) is 2. The van der Waals surface area contributed by atoms with Crippen LogP contribution in [-0.4, -0.2) is 35.2 Å². The van der Waals surface area contributed by atoms with Crippen LogP contribution < -0.4 is 4.90 Å². The van der Waals surface area contributed by atoms with Gasteiger partial charge in [0, 0.05) is 12.6 Å². The Labute approximate surface area is 152 Å². The number of likely N-dealkylation sites (tertiary alicyclic amines) is 1. The zero-order valence-electron chi connectivity index (χ0n) is 14.6. The van der Waals surface area contributed by atoms with Crippen molar-refractivity contribution in [2.24, 2.45) is 0 Å². The molecule has 0 N–H and O–H groups in total. The first-order valence-corrected chi connectivity index (χ1v) is 8.97. The van der Waals surface area contributed by atoms with Crippen LogP contribution in [0.25, 0.3) is 0 Å². The van der Waals surface area contributed by atoms with Crippen molar-refractivity contribution in [2.75, 3.05) is 11.4 Å². The van der Waals surface area contributed by atoms with Gasteiger partial charge in [0.05, 0.1) is 22.4 Å². The van der Waals surface area contributed by atoms with Crippen LogP contribution in [0.2, 0.25) is 0 Å². The Bertz CT molecular complexity index is 871. The molecule has 2 aromatic rings. The molecule has 5 nitrogen and oxygen atoms in total. The van der Waals surface area contributed by atoms with E-state index < -0.39 is 0 Å². The monoisotopic (exact) mass is 348 g/mol. The van der Waals surface area contributed by atoms with Crippen molar-refractivity contribution < 1.29 is 14.4 Å². The predicted octanol–water partition coefficient (Wildman–Crippen LogP) is 3.50. The summed E-state index contributed by atoms with van der Waals surface area (Å²) in [5, 5.41) is 0. The van der Waals surface area contributed by atoms with E-state index in [1.165, 1.54) is 0 Å². The average molecular weight is 348 g/mol. The number of benzene rings is 2. The van der Waals surface area contributed by atoms with Gasteiger partial charge in [-0.2, -0.15) is 0 Å². The summed E-state index contributed by atoms with van der Waals surface area (Å²) in [6.45, 7) is 2.75. The molecule has 2 heterocycles. The van der Waals surface area contributed by atoms with E-state index in [1.54, 1.807) is 48.5 Å². The quantitative estimate of drug-likeness (QED) is 0.781. The Morgan fingerprint density at radius 2 is 1.54 bits per heavy atom. The fraction of sp³-hybridized carbons (Fsp3) is 0.286. The summed E-state index contributed by atoms with van der Waals surface area (Å²) in [7, 11) is 0. The lowest BCUT2D eigenvalue weighted by Crippen LogP contribution is -2.43. The minimum Gasteiger partial charge on any atom is -0.336 e. The van der Waals surface area contributed by atoms with Gasteiger partial charge < -0.3 is 4.90 Å². The standard InChI is InChI=1S/C21H20N2O3/c1-14-8-6-7-13-22(14)19(24)17-11-4-5-12-18(17)23-20(25)15-9-2-3-10-16(15)21(23)26/h2-5,9-12,14H,6-8,13H2,1H3. The third kappa shape index (κ3) is 2.51. The van der Waals surface area contributed by atoms with Crippen molar-refractivity contribution >= 4 is 23.4 Å². The number of amides is 3. The molecule has 1 unspecified atom stereocenters. The lowest BCUT2D eigenvalue weighted by molar-refractivity contribution is 0.0636. The number of hydrogen-bond donors (Lipinski definition) is 0. The molecule has 0 bridgehead atoms. The number of imide groups is 1. The number of carbonyl (C=O) groups excluding carboxylic acids is 3. The van der Waals surface area contributed by atoms with Crippen molar-refractivity contribution in [1.29, 1.82) is 0 Å². The molecular weight excluding hydrogens is 328 g/mol. The highest BCUT2D eigenvalue weighted by Gasteiger charge is 2.38. The highest BCUT2D eigenvalue weighted by atomic mass is 16.2. The van der Waals surface area contributed by atoms with E-state index >= 15 is 0 Å². The van der Waals surface area contributed by atoms with Gasteiger partial charge >= 0.3 is 0 Å². The third-order valence-electron chi connectivity index (χ3n) is 5.23. The van der Waals surface area contributed by atoms with Crippen LogP contribution in [0.3, 0.4) is 0 Å². The molecule has 0 aromatic heterocycles. The van der Waals surface area contributed by atoms with Crippen molar-refractivity contribution in [3.8, 4) is 0 Å². The second-order valence-corrected chi connectivity index (χ2v) is 6.85. The average Bonchev–Trinajstić information content (AvgIpc) is 2.93. The van der Waals surface area contributed by atoms with Gasteiger partial charge in [-0.3, -0.25) is 14.4 Å². The fourth-order valence-corrected chi connectivity index (χ4v) is 3.81. The van der Waals surface area contributed by atoms with Gasteiger partial charge in [-0.1, -0.05) is 24.3 Å². The minimum atomic E-state index is -0.377. The maximum absolute atomic E-state index is 13.2. The van der Waals surface area contributed by atoms with Crippen LogP contribution in [0.15, 0.2) is 48.5 Å². The molecule has 4 rings (SSSR count). The number of rotatable bonds is 2. The Balaban J connectivity index is 1.75. The zero-order valence-corrected chi connectivity index (χ0v) is 14.6. The first-order chi connectivity index (χ1) is 12.6. The first kappa shape index (κ1) is 16.5. The van der Waals surface area contributed by atoms with Gasteiger partial charge in [0.2, 0.25) is 0 Å². The highest BCUT2D eigenvalue weighted by molar-refractivity contribution is 6.35. The molecule has 3 amide bonds. The number of hydrogen-bond acceptors (Lipinski definition) is 3. The van der Waals surface area contributed by atoms with Gasteiger partial charge in [-0.25, -0.2) is 4.90 Å². The Morgan fingerprint density at radius 1 is 0.923 bits per heavy atom. The summed E-state index contributed by atoms with van der Waals surface area (Å²) in [6, 6.07) is 13.8. The van der Waals surface area contributed by atoms with Crippen LogP contribution in [0.1, 0.15) is 57.3 Å². The molecule has 132 valence electrons. The number of anilines is 1. The molecule has 0 saturated carbocycles. The van der Waals surface area contributed by atoms with Crippen LogP contribution >= 0.6 is 0 Å². The summed E-state index contributed by atoms with van der Waals surface area (Å²) in [5.41, 5.74) is 1.52. The van der Waals surface area contributed by atoms with Gasteiger partial charge in [0.25, 0.3) is 17.7 Å². The van der Waals surface area contributed by atoms with E-state index in [9.17, 15) is 14.4 Å². The molecule has 1 atom stereocenters. The van der Waals surface area contributed by atoms with E-state index in [1.807, 2.05) is 11.8 Å². The topological polar surface area (TPSA) is 57.7 Å². The predicted molar refractivity (Wildman–Crippen MR) is 98.4 cm³/mol. The third-order valence-corrected chi connectivity index (χ3v) is 5.23. The Kier molecular flexibility index (Phi) is 4.07. The second kappa shape index (κ2) is 6.41. The zero-order chi connectivity index (χ0) is 18.3. The first-order valence-electron chi connectivity index (χ1n) is 8.97. The summed E-state index contributed by atoms with van der Waals surface area (Å²) in [5.74, 6) is -0.876. The number of fused-ring (bicyclic) bond motifs is 1. The maximum Gasteiger partial charge on any atom is 0.266 e. The lowest BCUT2D eigenvalue weighted by Gasteiger charge is -2.34. The van der Waals surface area contributed by atoms with Gasteiger partial charge in [-0.05, 0) is 50.5 Å². The second-order valence-electron chi connectivity index (χ2n) is 6.85. The fourth-order valence-electron chi connectivity index (χ4n) is 3.81. The number of para-hydroxylation sites is 1. The highest BCUT2D eigenvalue weighted by Crippen LogP contribution is 2.32. The van der Waals surface area contributed by atoms with E-state index in [0.29, 0.717) is 28.9 Å². The molecule has 0 spiro atoms. The van der Waals surface area contributed by atoms with Crippen LogP contribution in [0.4, 0.5) is 5.69 Å². The van der Waals surface area contributed by atoms with Crippen molar-refractivity contribution in [3.63, 3.8) is 0 Å². The van der Waals surface area contributed by atoms with Crippen molar-refractivity contribution in [3.05, 3.63) is 65.2 Å². The Morgan fingerprint density at radius 3 is 2.19 bits per heavy atom. The minimum absolute atomic E-state index is 0.121. The number of carbonyl (C=O) groups is 3. The van der Waals surface area contributed by atoms with E-state index in [-0.39, 0.29) is 23.8 Å². The Hall–Kier alpha value is -2.95. The normalized spacial score (nSPS) is 19.7. The SMILES string of the molecule is CC1CCCCN1C(=O)c1ccccc1N1C(=O)c2ccccc2C1=O. The summed E-state index contributed by atoms with van der Waals surface area (Å²) in [6.07, 6.45) is 3.07. The van der Waals surface area contributed by atoms with Crippen molar-refractivity contribution in [2.45, 2.75) is 32.2 Å². The van der Waals surface area contributed by atoms with Gasteiger partial charge in [-0.15, -0.1) is 0 Å².